The number of aliphatic hydroxyl groups is 1. The molecule has 1 saturated heterocycles. The molecule has 12 nitrogen and oxygen atoms in total. The number of likely N-dealkylation sites (tertiary alicyclic amines) is 1. The van der Waals surface area contributed by atoms with Crippen LogP contribution in [0.25, 0.3) is 5.65 Å². The first-order valence-electron chi connectivity index (χ1n) is 15.1. The van der Waals surface area contributed by atoms with Gasteiger partial charge in [0.05, 0.1) is 25.4 Å². The van der Waals surface area contributed by atoms with Crippen LogP contribution in [-0.4, -0.2) is 73.7 Å². The lowest BCUT2D eigenvalue weighted by atomic mass is 9.94. The van der Waals surface area contributed by atoms with Gasteiger partial charge in [-0.2, -0.15) is 9.61 Å². The van der Waals surface area contributed by atoms with E-state index in [1.54, 1.807) is 27.7 Å². The maximum atomic E-state index is 13.7. The standard InChI is InChI=1S/C32H47N7O5/c1-20(2)24-17-35-39-27(38(30(42)44-32(6,7)8)18-21-10-9-11-23(33)14-21)15-26(36-28(24)39)34-16-22-12-13-37(19-25(22)40)29(41)43-31(3,4)5/h9-11,14-15,17,20,22,25,40H,12-13,16,18-19,33H2,1-8H3,(H,34,36)/t22-,25+/m1/s1. The Labute approximate surface area is 259 Å². The summed E-state index contributed by atoms with van der Waals surface area (Å²) in [5, 5.41) is 18.9. The van der Waals surface area contributed by atoms with Crippen LogP contribution in [0, 0.1) is 5.92 Å². The molecule has 0 radical (unpaired) electrons. The van der Waals surface area contributed by atoms with E-state index in [1.807, 2.05) is 59.7 Å². The summed E-state index contributed by atoms with van der Waals surface area (Å²) >= 11 is 0. The number of ether oxygens (including phenoxy) is 2. The third-order valence-electron chi connectivity index (χ3n) is 7.20. The van der Waals surface area contributed by atoms with E-state index >= 15 is 0 Å². The smallest absolute Gasteiger partial charge is 0.416 e. The molecular formula is C32H47N7O5. The fourth-order valence-corrected chi connectivity index (χ4v) is 5.03. The second kappa shape index (κ2) is 12.9. The van der Waals surface area contributed by atoms with Crippen LogP contribution in [0.3, 0.4) is 0 Å². The molecule has 3 aromatic rings. The molecule has 1 aliphatic rings. The van der Waals surface area contributed by atoms with E-state index in [0.717, 1.165) is 11.1 Å². The van der Waals surface area contributed by atoms with Crippen LogP contribution in [0.1, 0.15) is 78.9 Å². The van der Waals surface area contributed by atoms with Crippen LogP contribution in [0.5, 0.6) is 0 Å². The van der Waals surface area contributed by atoms with Crippen molar-refractivity contribution >= 4 is 35.2 Å². The van der Waals surface area contributed by atoms with E-state index in [0.29, 0.717) is 42.5 Å². The minimum Gasteiger partial charge on any atom is -0.444 e. The lowest BCUT2D eigenvalue weighted by molar-refractivity contribution is -0.0104. The summed E-state index contributed by atoms with van der Waals surface area (Å²) in [5.74, 6) is 1.00. The van der Waals surface area contributed by atoms with Crippen LogP contribution in [-0.2, 0) is 16.0 Å². The van der Waals surface area contributed by atoms with Crippen molar-refractivity contribution in [3.63, 3.8) is 0 Å². The average molecular weight is 610 g/mol. The van der Waals surface area contributed by atoms with E-state index in [4.69, 9.17) is 20.2 Å². The summed E-state index contributed by atoms with van der Waals surface area (Å²) in [7, 11) is 0. The summed E-state index contributed by atoms with van der Waals surface area (Å²) < 4.78 is 13.0. The van der Waals surface area contributed by atoms with E-state index in [2.05, 4.69) is 24.3 Å². The number of benzene rings is 1. The van der Waals surface area contributed by atoms with Crippen molar-refractivity contribution in [1.82, 2.24) is 19.5 Å². The molecule has 4 rings (SSSR count). The van der Waals surface area contributed by atoms with Crippen LogP contribution in [0.15, 0.2) is 36.5 Å². The van der Waals surface area contributed by atoms with Gasteiger partial charge in [0, 0.05) is 36.3 Å². The van der Waals surface area contributed by atoms with Gasteiger partial charge in [-0.25, -0.2) is 14.6 Å². The third-order valence-corrected chi connectivity index (χ3v) is 7.20. The molecule has 44 heavy (non-hydrogen) atoms. The first-order valence-corrected chi connectivity index (χ1v) is 15.1. The Kier molecular flexibility index (Phi) is 9.62. The number of hydrogen-bond donors (Lipinski definition) is 3. The minimum absolute atomic E-state index is 0.126. The number of aliphatic hydroxyl groups excluding tert-OH is 1. The Morgan fingerprint density at radius 2 is 1.84 bits per heavy atom. The summed E-state index contributed by atoms with van der Waals surface area (Å²) in [6.07, 6.45) is 0.653. The molecule has 0 aliphatic carbocycles. The number of nitrogens with zero attached hydrogens (tertiary/aromatic N) is 5. The number of rotatable bonds is 7. The molecule has 0 unspecified atom stereocenters. The highest BCUT2D eigenvalue weighted by molar-refractivity contribution is 5.88. The van der Waals surface area contributed by atoms with Gasteiger partial charge >= 0.3 is 12.2 Å². The van der Waals surface area contributed by atoms with Gasteiger partial charge < -0.3 is 30.5 Å². The van der Waals surface area contributed by atoms with Gasteiger partial charge in [-0.15, -0.1) is 0 Å². The van der Waals surface area contributed by atoms with Crippen molar-refractivity contribution in [2.75, 3.05) is 35.6 Å². The summed E-state index contributed by atoms with van der Waals surface area (Å²) in [6, 6.07) is 9.13. The number of nitrogens with two attached hydrogens (primary N) is 1. The van der Waals surface area contributed by atoms with Gasteiger partial charge in [-0.3, -0.25) is 4.90 Å². The quantitative estimate of drug-likeness (QED) is 0.299. The normalized spacial score (nSPS) is 17.5. The molecule has 4 N–H and O–H groups in total. The molecule has 1 fully saturated rings. The number of carbonyl (C=O) groups excluding carboxylic acids is 2. The Hall–Kier alpha value is -4.06. The Balaban J connectivity index is 1.64. The van der Waals surface area contributed by atoms with E-state index < -0.39 is 29.5 Å². The summed E-state index contributed by atoms with van der Waals surface area (Å²) in [6.45, 7) is 16.3. The third kappa shape index (κ3) is 8.31. The molecule has 2 aromatic heterocycles. The summed E-state index contributed by atoms with van der Waals surface area (Å²) in [5.41, 5.74) is 7.67. The first kappa shape index (κ1) is 32.8. The van der Waals surface area contributed by atoms with Gasteiger partial charge in [0.25, 0.3) is 0 Å². The van der Waals surface area contributed by atoms with Crippen molar-refractivity contribution in [2.45, 2.75) is 91.6 Å². The van der Waals surface area contributed by atoms with Crippen LogP contribution < -0.4 is 16.0 Å². The number of carbonyl (C=O) groups is 2. The highest BCUT2D eigenvalue weighted by Gasteiger charge is 2.33. The zero-order valence-corrected chi connectivity index (χ0v) is 27.1. The monoisotopic (exact) mass is 609 g/mol. The zero-order chi connectivity index (χ0) is 32.4. The number of amides is 2. The topological polar surface area (TPSA) is 148 Å². The molecule has 0 spiro atoms. The zero-order valence-electron chi connectivity index (χ0n) is 27.1. The van der Waals surface area contributed by atoms with Gasteiger partial charge in [-0.1, -0.05) is 26.0 Å². The van der Waals surface area contributed by atoms with Crippen LogP contribution >= 0.6 is 0 Å². The van der Waals surface area contributed by atoms with E-state index in [1.165, 1.54) is 4.90 Å². The van der Waals surface area contributed by atoms with E-state index in [-0.39, 0.29) is 24.9 Å². The number of aromatic nitrogens is 3. The number of β-amino-alcohol motifs (C(OH)–C–C–N with tert-alkyl or cyclic N) is 1. The molecule has 3 heterocycles. The maximum Gasteiger partial charge on any atom is 0.416 e. The highest BCUT2D eigenvalue weighted by atomic mass is 16.6. The molecule has 1 aliphatic heterocycles. The Morgan fingerprint density at radius 1 is 1.14 bits per heavy atom. The van der Waals surface area contributed by atoms with Crippen molar-refractivity contribution in [2.24, 2.45) is 5.92 Å². The van der Waals surface area contributed by atoms with Gasteiger partial charge in [0.15, 0.2) is 5.65 Å². The molecule has 12 heteroatoms. The molecule has 2 amide bonds. The highest BCUT2D eigenvalue weighted by Crippen LogP contribution is 2.29. The van der Waals surface area contributed by atoms with Crippen molar-refractivity contribution < 1.29 is 24.2 Å². The number of nitrogens with one attached hydrogen (secondary N) is 1. The van der Waals surface area contributed by atoms with Crippen molar-refractivity contribution in [1.29, 1.82) is 0 Å². The average Bonchev–Trinajstić information content (AvgIpc) is 3.33. The Morgan fingerprint density at radius 3 is 2.45 bits per heavy atom. The predicted molar refractivity (Wildman–Crippen MR) is 171 cm³/mol. The molecular weight excluding hydrogens is 562 g/mol. The minimum atomic E-state index is -0.741. The number of piperidine rings is 1. The number of fused-ring (bicyclic) bond motifs is 1. The fraction of sp³-hybridized carbons (Fsp3) is 0.562. The molecule has 0 saturated carbocycles. The Bertz CT molecular complexity index is 1470. The fourth-order valence-electron chi connectivity index (χ4n) is 5.03. The number of anilines is 3. The lowest BCUT2D eigenvalue weighted by Gasteiger charge is -2.36. The molecule has 0 bridgehead atoms. The maximum absolute atomic E-state index is 13.7. The SMILES string of the molecule is CC(C)c1cnn2c(N(Cc3cccc(N)c3)C(=O)OC(C)(C)C)cc(NC[C@H]3CCN(C(=O)OC(C)(C)C)C[C@@H]3O)nc12. The second-order valence-electron chi connectivity index (χ2n) is 13.7. The van der Waals surface area contributed by atoms with Crippen LogP contribution in [0.2, 0.25) is 0 Å². The van der Waals surface area contributed by atoms with Gasteiger partial charge in [0.2, 0.25) is 0 Å². The largest absolute Gasteiger partial charge is 0.444 e. The first-order chi connectivity index (χ1) is 20.5. The number of nitrogen functional groups attached to an aromatic ring is 1. The second-order valence-corrected chi connectivity index (χ2v) is 13.7. The van der Waals surface area contributed by atoms with Crippen molar-refractivity contribution in [3.8, 4) is 0 Å². The lowest BCUT2D eigenvalue weighted by Crippen LogP contribution is -2.49. The summed E-state index contributed by atoms with van der Waals surface area (Å²) in [4.78, 5) is 34.2. The van der Waals surface area contributed by atoms with Gasteiger partial charge in [-0.05, 0) is 71.6 Å². The molecule has 240 valence electrons. The number of hydrogen-bond acceptors (Lipinski definition) is 9. The van der Waals surface area contributed by atoms with Gasteiger partial charge in [0.1, 0.15) is 22.8 Å². The van der Waals surface area contributed by atoms with Crippen LogP contribution in [0.4, 0.5) is 26.9 Å². The molecule has 1 aromatic carbocycles. The van der Waals surface area contributed by atoms with E-state index in [9.17, 15) is 14.7 Å². The predicted octanol–water partition coefficient (Wildman–Crippen LogP) is 5.41. The molecule has 2 atom stereocenters. The van der Waals surface area contributed by atoms with Crippen molar-refractivity contribution in [3.05, 3.63) is 47.7 Å².